The van der Waals surface area contributed by atoms with Gasteiger partial charge in [0.2, 0.25) is 0 Å². The van der Waals surface area contributed by atoms with Crippen molar-refractivity contribution in [2.45, 2.75) is 5.28 Å². The zero-order chi connectivity index (χ0) is 4.28. The Bertz CT molecular complexity index is 21.6. The van der Waals surface area contributed by atoms with Crippen LogP contribution in [0.1, 0.15) is 0 Å². The summed E-state index contributed by atoms with van der Waals surface area (Å²) >= 11 is 10.2. The Morgan fingerprint density at radius 3 is 2.00 bits per heavy atom. The highest BCUT2D eigenvalue weighted by molar-refractivity contribution is 6.44. The van der Waals surface area contributed by atoms with E-state index in [9.17, 15) is 0 Å². The first-order valence-electron chi connectivity index (χ1n) is 1.23. The van der Waals surface area contributed by atoms with Gasteiger partial charge < -0.3 is 0 Å². The molecular formula is C2H3BCl2. The molecule has 0 bridgehead atoms. The van der Waals surface area contributed by atoms with E-state index in [-0.39, 0.29) is 5.28 Å². The van der Waals surface area contributed by atoms with Crippen molar-refractivity contribution in [1.82, 2.24) is 0 Å². The topological polar surface area (TPSA) is 0 Å². The van der Waals surface area contributed by atoms with Gasteiger partial charge in [-0.2, -0.15) is 0 Å². The van der Waals surface area contributed by atoms with Gasteiger partial charge in [-0.05, 0) is 0 Å². The lowest BCUT2D eigenvalue weighted by Gasteiger charge is -1.85. The average molecular weight is 109 g/mol. The molecule has 1 unspecified atom stereocenters. The summed E-state index contributed by atoms with van der Waals surface area (Å²) < 4.78 is 0. The standard InChI is InChI=1S/C2H3BCl2/c3-2(5)1-4/h2H,1H2. The minimum Gasteiger partial charge on any atom is -0.132 e. The van der Waals surface area contributed by atoms with Crippen molar-refractivity contribution in [1.29, 1.82) is 0 Å². The molecule has 0 saturated carbocycles. The van der Waals surface area contributed by atoms with Gasteiger partial charge in [-0.3, -0.25) is 0 Å². The summed E-state index contributed by atoms with van der Waals surface area (Å²) in [5.74, 6) is 0.321. The molecule has 0 aromatic heterocycles. The molecule has 0 aliphatic heterocycles. The maximum Gasteiger partial charge on any atom is 0.0934 e. The maximum absolute atomic E-state index is 5.11. The highest BCUT2D eigenvalue weighted by atomic mass is 35.5. The average Bonchev–Trinajstić information content (AvgIpc) is 1.38. The van der Waals surface area contributed by atoms with Gasteiger partial charge in [-0.25, -0.2) is 0 Å². The molecule has 0 fully saturated rings. The quantitative estimate of drug-likeness (QED) is 0.347. The fourth-order valence-electron chi connectivity index (χ4n) is 0. The molecule has 1 atom stereocenters. The zero-order valence-corrected chi connectivity index (χ0v) is 4.13. The molecule has 0 aliphatic carbocycles. The van der Waals surface area contributed by atoms with Gasteiger partial charge in [0.25, 0.3) is 0 Å². The van der Waals surface area contributed by atoms with Crippen LogP contribution in [0, 0.1) is 0 Å². The van der Waals surface area contributed by atoms with Gasteiger partial charge in [0.15, 0.2) is 0 Å². The molecule has 0 N–H and O–H groups in total. The van der Waals surface area contributed by atoms with Crippen molar-refractivity contribution in [3.63, 3.8) is 0 Å². The Balaban J connectivity index is 2.54. The number of alkyl halides is 2. The highest BCUT2D eigenvalue weighted by Crippen LogP contribution is 1.88. The molecule has 0 saturated heterocycles. The van der Waals surface area contributed by atoms with Crippen LogP contribution in [-0.4, -0.2) is 19.0 Å². The number of rotatable bonds is 1. The van der Waals surface area contributed by atoms with Gasteiger partial charge in [0.05, 0.1) is 7.85 Å². The molecule has 0 aromatic carbocycles. The van der Waals surface area contributed by atoms with E-state index in [1.165, 1.54) is 0 Å². The van der Waals surface area contributed by atoms with Crippen molar-refractivity contribution in [2.24, 2.45) is 0 Å². The second kappa shape index (κ2) is 2.86. The number of halogens is 2. The van der Waals surface area contributed by atoms with E-state index in [0.29, 0.717) is 5.88 Å². The van der Waals surface area contributed by atoms with Crippen LogP contribution in [0.2, 0.25) is 0 Å². The lowest BCUT2D eigenvalue weighted by molar-refractivity contribution is 1.40. The summed E-state index contributed by atoms with van der Waals surface area (Å²) in [6.07, 6.45) is 0. The molecule has 0 amide bonds. The Kier molecular flexibility index (Phi) is 3.23. The fraction of sp³-hybridized carbons (Fsp3) is 1.00. The molecule has 0 spiro atoms. The molecule has 5 heavy (non-hydrogen) atoms. The van der Waals surface area contributed by atoms with Crippen molar-refractivity contribution in [3.8, 4) is 0 Å². The van der Waals surface area contributed by atoms with E-state index in [1.807, 2.05) is 0 Å². The van der Waals surface area contributed by atoms with Crippen LogP contribution in [-0.2, 0) is 0 Å². The molecule has 0 heterocycles. The van der Waals surface area contributed by atoms with Gasteiger partial charge >= 0.3 is 0 Å². The normalized spacial score (nSPS) is 14.8. The summed E-state index contributed by atoms with van der Waals surface area (Å²) in [5, 5.41) is -0.378. The number of hydrogen-bond donors (Lipinski definition) is 0. The van der Waals surface area contributed by atoms with Crippen LogP contribution in [0.5, 0.6) is 0 Å². The monoisotopic (exact) mass is 108 g/mol. The minimum atomic E-state index is -0.378. The van der Waals surface area contributed by atoms with Crippen molar-refractivity contribution < 1.29 is 0 Å². The van der Waals surface area contributed by atoms with E-state index < -0.39 is 0 Å². The summed E-state index contributed by atoms with van der Waals surface area (Å²) in [6.45, 7) is 0. The largest absolute Gasteiger partial charge is 0.132 e. The van der Waals surface area contributed by atoms with Crippen LogP contribution in [0.15, 0.2) is 0 Å². The third-order valence-corrected chi connectivity index (χ3v) is 0.792. The van der Waals surface area contributed by atoms with E-state index in [2.05, 4.69) is 0 Å². The first-order chi connectivity index (χ1) is 2.27. The van der Waals surface area contributed by atoms with Crippen molar-refractivity contribution in [2.75, 3.05) is 5.88 Å². The van der Waals surface area contributed by atoms with Crippen molar-refractivity contribution in [3.05, 3.63) is 0 Å². The Hall–Kier alpha value is 0.645. The van der Waals surface area contributed by atoms with Gasteiger partial charge in [-0.15, -0.1) is 23.2 Å². The maximum atomic E-state index is 5.11. The van der Waals surface area contributed by atoms with Crippen LogP contribution in [0.4, 0.5) is 0 Å². The summed E-state index contributed by atoms with van der Waals surface area (Å²) in [5.41, 5.74) is 0. The lowest BCUT2D eigenvalue weighted by Crippen LogP contribution is -1.95. The first-order valence-corrected chi connectivity index (χ1v) is 2.20. The third-order valence-electron chi connectivity index (χ3n) is 0.147. The van der Waals surface area contributed by atoms with Crippen molar-refractivity contribution >= 4 is 31.0 Å². The minimum absolute atomic E-state index is 0.321. The van der Waals surface area contributed by atoms with Gasteiger partial charge in [-0.1, -0.05) is 0 Å². The van der Waals surface area contributed by atoms with Gasteiger partial charge in [0, 0.05) is 11.2 Å². The lowest BCUT2D eigenvalue weighted by atomic mass is 10.1. The Labute approximate surface area is 42.9 Å². The summed E-state index contributed by atoms with van der Waals surface area (Å²) in [6, 6.07) is 0. The second-order valence-corrected chi connectivity index (χ2v) is 1.54. The zero-order valence-electron chi connectivity index (χ0n) is 2.62. The summed E-state index contributed by atoms with van der Waals surface area (Å²) in [7, 11) is 4.93. The molecule has 2 radical (unpaired) electrons. The second-order valence-electron chi connectivity index (χ2n) is 0.670. The van der Waals surface area contributed by atoms with E-state index in [0.717, 1.165) is 0 Å². The predicted molar refractivity (Wildman–Crippen MR) is 26.1 cm³/mol. The van der Waals surface area contributed by atoms with Crippen LogP contribution in [0.25, 0.3) is 0 Å². The highest BCUT2D eigenvalue weighted by Gasteiger charge is 1.85. The molecule has 0 aromatic rings. The van der Waals surface area contributed by atoms with Crippen LogP contribution < -0.4 is 0 Å². The molecule has 0 nitrogen and oxygen atoms in total. The SMILES string of the molecule is [B]C(Cl)CCl. The number of hydrogen-bond acceptors (Lipinski definition) is 0. The van der Waals surface area contributed by atoms with E-state index in [4.69, 9.17) is 31.0 Å². The molecule has 0 rings (SSSR count). The molecular weight excluding hydrogens is 106 g/mol. The third kappa shape index (κ3) is 4.64. The molecule has 0 aliphatic rings. The smallest absolute Gasteiger partial charge is 0.0934 e. The summed E-state index contributed by atoms with van der Waals surface area (Å²) in [4.78, 5) is 0. The Morgan fingerprint density at radius 1 is 1.80 bits per heavy atom. The van der Waals surface area contributed by atoms with Gasteiger partial charge in [0.1, 0.15) is 0 Å². The first kappa shape index (κ1) is 5.64. The molecule has 3 heteroatoms. The predicted octanol–water partition coefficient (Wildman–Crippen LogP) is 0.959. The van der Waals surface area contributed by atoms with E-state index in [1.54, 1.807) is 0 Å². The fourth-order valence-corrected chi connectivity index (χ4v) is 0. The Morgan fingerprint density at radius 2 is 2.00 bits per heavy atom. The molecule has 28 valence electrons. The van der Waals surface area contributed by atoms with Crippen LogP contribution in [0.3, 0.4) is 0 Å². The van der Waals surface area contributed by atoms with Crippen LogP contribution >= 0.6 is 23.2 Å². The van der Waals surface area contributed by atoms with E-state index >= 15 is 0 Å².